The Bertz CT molecular complexity index is 1040. The molecular formula is C26H31N3O. The minimum Gasteiger partial charge on any atom is -0.366 e. The number of fused-ring (bicyclic) bond motifs is 1. The van der Waals surface area contributed by atoms with E-state index in [4.69, 9.17) is 0 Å². The fraction of sp³-hybridized carbons (Fsp3) is 0.385. The highest BCUT2D eigenvalue weighted by Gasteiger charge is 2.35. The lowest BCUT2D eigenvalue weighted by atomic mass is 9.79. The lowest BCUT2D eigenvalue weighted by Crippen LogP contribution is -2.48. The van der Waals surface area contributed by atoms with Crippen molar-refractivity contribution in [3.63, 3.8) is 0 Å². The number of carbonyl (C=O) groups excluding carboxylic acids is 1. The van der Waals surface area contributed by atoms with Gasteiger partial charge in [-0.15, -0.1) is 0 Å². The van der Waals surface area contributed by atoms with Crippen LogP contribution in [0.15, 0.2) is 42.0 Å². The van der Waals surface area contributed by atoms with E-state index in [2.05, 4.69) is 56.1 Å². The van der Waals surface area contributed by atoms with E-state index in [-0.39, 0.29) is 17.0 Å². The summed E-state index contributed by atoms with van der Waals surface area (Å²) in [5.74, 6) is 0.0326. The van der Waals surface area contributed by atoms with Gasteiger partial charge in [0, 0.05) is 23.5 Å². The van der Waals surface area contributed by atoms with Crippen molar-refractivity contribution in [1.82, 2.24) is 0 Å². The first kappa shape index (κ1) is 21.6. The normalized spacial score (nSPS) is 17.8. The van der Waals surface area contributed by atoms with Crippen molar-refractivity contribution >= 4 is 23.4 Å². The van der Waals surface area contributed by atoms with Crippen LogP contribution in [0.5, 0.6) is 0 Å². The van der Waals surface area contributed by atoms with Gasteiger partial charge < -0.3 is 10.2 Å². The van der Waals surface area contributed by atoms with E-state index >= 15 is 0 Å². The highest BCUT2D eigenvalue weighted by Crippen LogP contribution is 2.44. The van der Waals surface area contributed by atoms with Crippen LogP contribution in [0, 0.1) is 25.2 Å². The molecule has 156 valence electrons. The van der Waals surface area contributed by atoms with Crippen LogP contribution in [0.4, 0.5) is 11.4 Å². The van der Waals surface area contributed by atoms with Crippen molar-refractivity contribution in [2.24, 2.45) is 0 Å². The number of hydrogen-bond donors (Lipinski definition) is 1. The van der Waals surface area contributed by atoms with Crippen molar-refractivity contribution in [3.05, 3.63) is 64.2 Å². The zero-order valence-electron chi connectivity index (χ0n) is 18.8. The first-order valence-electron chi connectivity index (χ1n) is 10.6. The number of nitrogens with one attached hydrogen (secondary N) is 1. The van der Waals surface area contributed by atoms with Gasteiger partial charge in [-0.25, -0.2) is 0 Å². The third kappa shape index (κ3) is 4.11. The lowest BCUT2D eigenvalue weighted by Gasteiger charge is -2.47. The van der Waals surface area contributed by atoms with Gasteiger partial charge in [-0.05, 0) is 93.5 Å². The largest absolute Gasteiger partial charge is 0.366 e. The van der Waals surface area contributed by atoms with Gasteiger partial charge in [-0.3, -0.25) is 4.79 Å². The summed E-state index contributed by atoms with van der Waals surface area (Å²) in [7, 11) is 0. The number of nitrogens with zero attached hydrogens (tertiary/aromatic N) is 2. The summed E-state index contributed by atoms with van der Waals surface area (Å²) >= 11 is 0. The fourth-order valence-corrected chi connectivity index (χ4v) is 4.61. The van der Waals surface area contributed by atoms with Gasteiger partial charge in [0.25, 0.3) is 5.91 Å². The number of amides is 1. The predicted octanol–water partition coefficient (Wildman–Crippen LogP) is 5.96. The monoisotopic (exact) mass is 401 g/mol. The summed E-state index contributed by atoms with van der Waals surface area (Å²) in [5.41, 5.74) is 6.43. The van der Waals surface area contributed by atoms with E-state index in [1.165, 1.54) is 11.3 Å². The average molecular weight is 402 g/mol. The van der Waals surface area contributed by atoms with Crippen molar-refractivity contribution in [2.45, 2.75) is 59.4 Å². The van der Waals surface area contributed by atoms with Gasteiger partial charge in [-0.2, -0.15) is 5.26 Å². The Morgan fingerprint density at radius 2 is 1.97 bits per heavy atom. The second-order valence-electron chi connectivity index (χ2n) is 8.87. The lowest BCUT2D eigenvalue weighted by molar-refractivity contribution is -0.112. The molecule has 1 atom stereocenters. The predicted molar refractivity (Wildman–Crippen MR) is 125 cm³/mol. The Labute approximate surface area is 180 Å². The summed E-state index contributed by atoms with van der Waals surface area (Å²) in [5, 5.41) is 12.5. The smallest absolute Gasteiger partial charge is 0.266 e. The molecule has 0 bridgehead atoms. The maximum absolute atomic E-state index is 12.7. The van der Waals surface area contributed by atoms with Crippen molar-refractivity contribution in [2.75, 3.05) is 16.8 Å². The molecule has 0 saturated carbocycles. The molecule has 2 aromatic rings. The third-order valence-corrected chi connectivity index (χ3v) is 6.15. The average Bonchev–Trinajstić information content (AvgIpc) is 2.68. The molecule has 0 radical (unpaired) electrons. The summed E-state index contributed by atoms with van der Waals surface area (Å²) in [4.78, 5) is 15.2. The Balaban J connectivity index is 1.98. The van der Waals surface area contributed by atoms with Crippen LogP contribution in [0.25, 0.3) is 6.08 Å². The Kier molecular flexibility index (Phi) is 6.03. The molecule has 1 amide bonds. The summed E-state index contributed by atoms with van der Waals surface area (Å²) in [6.45, 7) is 14.0. The Morgan fingerprint density at radius 1 is 1.27 bits per heavy atom. The first-order valence-corrected chi connectivity index (χ1v) is 10.6. The van der Waals surface area contributed by atoms with Gasteiger partial charge >= 0.3 is 0 Å². The quantitative estimate of drug-likeness (QED) is 0.508. The maximum atomic E-state index is 12.7. The molecule has 1 aliphatic rings. The highest BCUT2D eigenvalue weighted by atomic mass is 16.1. The van der Waals surface area contributed by atoms with E-state index in [9.17, 15) is 10.1 Å². The number of carbonyl (C=O) groups is 1. The van der Waals surface area contributed by atoms with E-state index in [1.54, 1.807) is 6.08 Å². The number of para-hydroxylation sites is 1. The number of nitriles is 1. The second-order valence-corrected chi connectivity index (χ2v) is 8.87. The molecule has 4 nitrogen and oxygen atoms in total. The highest BCUT2D eigenvalue weighted by molar-refractivity contribution is 6.10. The summed E-state index contributed by atoms with van der Waals surface area (Å²) in [6.07, 6.45) is 2.78. The number of aryl methyl sites for hydroxylation is 2. The standard InChI is InChI=1S/C26H31N3O/c1-7-29-24-12-18(3)20(14-22(24)19(4)15-26(29,5)6)13-21(16-27)25(30)28-23-11-9-8-10-17(23)2/h8-14,19H,7,15H2,1-6H3,(H,28,30)/b21-13-/t19-/m1/s1. The molecule has 1 heterocycles. The van der Waals surface area contributed by atoms with Crippen LogP contribution in [0.3, 0.4) is 0 Å². The van der Waals surface area contributed by atoms with E-state index < -0.39 is 0 Å². The number of rotatable bonds is 4. The number of benzene rings is 2. The maximum Gasteiger partial charge on any atom is 0.266 e. The van der Waals surface area contributed by atoms with Crippen LogP contribution in [0.2, 0.25) is 0 Å². The van der Waals surface area contributed by atoms with Gasteiger partial charge in [0.1, 0.15) is 11.6 Å². The molecule has 1 aliphatic heterocycles. The zero-order chi connectivity index (χ0) is 22.1. The molecule has 0 saturated heterocycles. The van der Waals surface area contributed by atoms with Crippen LogP contribution < -0.4 is 10.2 Å². The number of anilines is 2. The van der Waals surface area contributed by atoms with E-state index in [0.29, 0.717) is 5.92 Å². The van der Waals surface area contributed by atoms with Crippen molar-refractivity contribution < 1.29 is 4.79 Å². The fourth-order valence-electron chi connectivity index (χ4n) is 4.61. The Morgan fingerprint density at radius 3 is 2.60 bits per heavy atom. The number of hydrogen-bond acceptors (Lipinski definition) is 3. The topological polar surface area (TPSA) is 56.1 Å². The first-order chi connectivity index (χ1) is 14.2. The van der Waals surface area contributed by atoms with Crippen LogP contribution in [-0.2, 0) is 4.79 Å². The molecule has 0 aliphatic carbocycles. The molecule has 0 fully saturated rings. The van der Waals surface area contributed by atoms with E-state index in [0.717, 1.165) is 35.3 Å². The SMILES string of the molecule is CCN1c2cc(C)c(/C=C(/C#N)C(=O)Nc3ccccc3C)cc2[C@H](C)CC1(C)C. The molecule has 0 aromatic heterocycles. The van der Waals surface area contributed by atoms with Crippen LogP contribution in [-0.4, -0.2) is 18.0 Å². The third-order valence-electron chi connectivity index (χ3n) is 6.15. The van der Waals surface area contributed by atoms with Gasteiger partial charge in [-0.1, -0.05) is 25.1 Å². The minimum atomic E-state index is -0.381. The van der Waals surface area contributed by atoms with Gasteiger partial charge in [0.2, 0.25) is 0 Å². The molecule has 0 spiro atoms. The van der Waals surface area contributed by atoms with Crippen molar-refractivity contribution in [3.8, 4) is 6.07 Å². The zero-order valence-corrected chi connectivity index (χ0v) is 18.8. The molecule has 30 heavy (non-hydrogen) atoms. The molecule has 3 rings (SSSR count). The van der Waals surface area contributed by atoms with Crippen LogP contribution in [0.1, 0.15) is 62.3 Å². The van der Waals surface area contributed by atoms with Gasteiger partial charge in [0.15, 0.2) is 0 Å². The second kappa shape index (κ2) is 8.36. The van der Waals surface area contributed by atoms with Gasteiger partial charge in [0.05, 0.1) is 0 Å². The molecule has 4 heteroatoms. The molecular weight excluding hydrogens is 370 g/mol. The summed E-state index contributed by atoms with van der Waals surface area (Å²) < 4.78 is 0. The van der Waals surface area contributed by atoms with E-state index in [1.807, 2.05) is 38.1 Å². The molecule has 1 N–H and O–H groups in total. The molecule has 0 unspecified atom stereocenters. The molecule has 2 aromatic carbocycles. The summed E-state index contributed by atoms with van der Waals surface area (Å²) in [6, 6.07) is 14.0. The van der Waals surface area contributed by atoms with Crippen molar-refractivity contribution in [1.29, 1.82) is 5.26 Å². The minimum absolute atomic E-state index is 0.107. The Hall–Kier alpha value is -3.06. The van der Waals surface area contributed by atoms with Crippen LogP contribution >= 0.6 is 0 Å².